The first-order valence-corrected chi connectivity index (χ1v) is 18.1. The first kappa shape index (κ1) is 41.8. The van der Waals surface area contributed by atoms with E-state index in [2.05, 4.69) is 10.6 Å². The lowest BCUT2D eigenvalue weighted by Crippen LogP contribution is -2.49. The van der Waals surface area contributed by atoms with Crippen LogP contribution in [0.25, 0.3) is 11.1 Å². The third kappa shape index (κ3) is 11.1. The van der Waals surface area contributed by atoms with E-state index in [0.29, 0.717) is 36.8 Å². The molecule has 1 saturated carbocycles. The molecule has 0 heterocycles. The minimum absolute atomic E-state index is 0.0225. The Labute approximate surface area is 319 Å². The van der Waals surface area contributed by atoms with Gasteiger partial charge in [-0.25, -0.2) is 18.4 Å². The number of likely N-dealkylation sites (N-methyl/N-ethyl adjacent to an activating group) is 1. The van der Waals surface area contributed by atoms with Gasteiger partial charge in [-0.2, -0.15) is 0 Å². The van der Waals surface area contributed by atoms with Gasteiger partial charge >= 0.3 is 12.2 Å². The fourth-order valence-electron chi connectivity index (χ4n) is 6.33. The van der Waals surface area contributed by atoms with Crippen molar-refractivity contribution in [2.24, 2.45) is 5.73 Å². The lowest BCUT2D eigenvalue weighted by molar-refractivity contribution is -0.122. The molecule has 14 heteroatoms. The van der Waals surface area contributed by atoms with Crippen molar-refractivity contribution in [1.82, 2.24) is 15.5 Å². The molecule has 1 fully saturated rings. The minimum atomic E-state index is -1.07. The molecule has 0 aromatic heterocycles. The van der Waals surface area contributed by atoms with Crippen molar-refractivity contribution < 1.29 is 42.2 Å². The molecule has 3 aromatic carbocycles. The predicted molar refractivity (Wildman–Crippen MR) is 202 cm³/mol. The Bertz CT molecular complexity index is 1840. The van der Waals surface area contributed by atoms with E-state index >= 15 is 8.78 Å². The predicted octanol–water partition coefficient (Wildman–Crippen LogP) is 7.71. The number of nitrogens with two attached hydrogens (primary N) is 1. The summed E-state index contributed by atoms with van der Waals surface area (Å²) in [5.74, 6) is -4.60. The van der Waals surface area contributed by atoms with Crippen LogP contribution in [0.1, 0.15) is 94.6 Å². The number of nitrogens with one attached hydrogen (secondary N) is 2. The molecular formula is C40H49ClF2N4O7. The van der Waals surface area contributed by atoms with Crippen LogP contribution in [-0.4, -0.2) is 72.4 Å². The molecule has 1 atom stereocenters. The van der Waals surface area contributed by atoms with E-state index in [-0.39, 0.29) is 35.5 Å². The first-order chi connectivity index (χ1) is 25.3. The van der Waals surface area contributed by atoms with Crippen LogP contribution in [0, 0.1) is 11.6 Å². The van der Waals surface area contributed by atoms with Gasteiger partial charge < -0.3 is 35.5 Å². The lowest BCUT2D eigenvalue weighted by atomic mass is 9.86. The number of alkyl carbamates (subject to hydrolysis) is 1. The number of benzene rings is 3. The summed E-state index contributed by atoms with van der Waals surface area (Å²) in [5.41, 5.74) is 4.31. The first-order valence-electron chi connectivity index (χ1n) is 17.8. The number of ether oxygens (including phenoxy) is 3. The van der Waals surface area contributed by atoms with Crippen LogP contribution in [-0.2, 0) is 14.3 Å². The third-order valence-electron chi connectivity index (χ3n) is 8.80. The maximum atomic E-state index is 16.3. The minimum Gasteiger partial charge on any atom is -0.481 e. The van der Waals surface area contributed by atoms with Crippen molar-refractivity contribution in [3.05, 3.63) is 87.9 Å². The number of carbonyl (C=O) groups excluding carboxylic acids is 4. The average Bonchev–Trinajstić information content (AvgIpc) is 3.08. The Kier molecular flexibility index (Phi) is 13.5. The number of carbonyl (C=O) groups is 4. The van der Waals surface area contributed by atoms with Crippen molar-refractivity contribution in [1.29, 1.82) is 0 Å². The Balaban J connectivity index is 1.78. The number of rotatable bonds is 11. The van der Waals surface area contributed by atoms with Gasteiger partial charge in [0.05, 0.1) is 10.6 Å². The fraction of sp³-hybridized carbons (Fsp3) is 0.450. The van der Waals surface area contributed by atoms with Gasteiger partial charge in [0.15, 0.2) is 18.2 Å². The van der Waals surface area contributed by atoms with E-state index in [4.69, 9.17) is 31.5 Å². The monoisotopic (exact) mass is 770 g/mol. The number of halogens is 3. The summed E-state index contributed by atoms with van der Waals surface area (Å²) in [4.78, 5) is 52.5. The molecular weight excluding hydrogens is 722 g/mol. The van der Waals surface area contributed by atoms with Crippen molar-refractivity contribution in [2.45, 2.75) is 96.4 Å². The van der Waals surface area contributed by atoms with Crippen LogP contribution in [0.2, 0.25) is 5.02 Å². The van der Waals surface area contributed by atoms with Gasteiger partial charge in [0.25, 0.3) is 5.91 Å². The Morgan fingerprint density at radius 3 is 2.11 bits per heavy atom. The second kappa shape index (κ2) is 17.5. The quantitative estimate of drug-likeness (QED) is 0.181. The highest BCUT2D eigenvalue weighted by Gasteiger charge is 2.35. The van der Waals surface area contributed by atoms with Gasteiger partial charge in [0.1, 0.15) is 17.0 Å². The summed E-state index contributed by atoms with van der Waals surface area (Å²) in [5, 5.41) is 4.82. The second-order valence-electron chi connectivity index (χ2n) is 15.2. The molecule has 292 valence electrons. The summed E-state index contributed by atoms with van der Waals surface area (Å²) in [7, 11) is 1.39. The molecule has 0 aliphatic heterocycles. The van der Waals surface area contributed by atoms with Crippen LogP contribution in [0.3, 0.4) is 0 Å². The van der Waals surface area contributed by atoms with Gasteiger partial charge in [-0.3, -0.25) is 9.59 Å². The van der Waals surface area contributed by atoms with E-state index in [1.165, 1.54) is 25.2 Å². The molecule has 3 aromatic rings. The molecule has 4 amide bonds. The summed E-state index contributed by atoms with van der Waals surface area (Å²) in [6, 6.07) is 13.6. The number of primary amides is 1. The molecule has 0 radical (unpaired) electrons. The molecule has 11 nitrogen and oxygen atoms in total. The number of nitrogens with zero attached hydrogens (tertiary/aromatic N) is 1. The zero-order valence-corrected chi connectivity index (χ0v) is 32.4. The molecule has 4 N–H and O–H groups in total. The molecule has 0 saturated heterocycles. The van der Waals surface area contributed by atoms with Crippen LogP contribution in [0.4, 0.5) is 18.4 Å². The van der Waals surface area contributed by atoms with E-state index in [1.807, 2.05) is 18.2 Å². The smallest absolute Gasteiger partial charge is 0.410 e. The molecule has 54 heavy (non-hydrogen) atoms. The van der Waals surface area contributed by atoms with Crippen LogP contribution in [0.15, 0.2) is 54.6 Å². The highest BCUT2D eigenvalue weighted by Crippen LogP contribution is 2.41. The van der Waals surface area contributed by atoms with Crippen LogP contribution >= 0.6 is 11.6 Å². The summed E-state index contributed by atoms with van der Waals surface area (Å²) < 4.78 is 48.9. The van der Waals surface area contributed by atoms with Gasteiger partial charge in [0, 0.05) is 42.7 Å². The Hall–Kier alpha value is -4.91. The Morgan fingerprint density at radius 1 is 0.907 bits per heavy atom. The maximum absolute atomic E-state index is 16.3. The van der Waals surface area contributed by atoms with E-state index in [0.717, 1.165) is 6.07 Å². The highest BCUT2D eigenvalue weighted by molar-refractivity contribution is 6.33. The van der Waals surface area contributed by atoms with Gasteiger partial charge in [0.2, 0.25) is 5.91 Å². The highest BCUT2D eigenvalue weighted by atomic mass is 35.5. The third-order valence-corrected chi connectivity index (χ3v) is 9.18. The molecule has 1 aliphatic carbocycles. The Morgan fingerprint density at radius 2 is 1.54 bits per heavy atom. The number of hydrogen-bond acceptors (Lipinski definition) is 7. The standard InChI is InChI=1S/C40H49ClF2N4O7/c1-39(2,3)53-37(50)46-25-13-15-26(16-14-25)47(38(51)54-40(4,5)6)21-29(23-11-9-8-10-12-23)24-19-28(34(41)30(42)20-24)33-27(36(44)49)17-18-31(35(33)43)52-22-32(48)45-7/h8-12,17-20,25-26,29H,13-16,21-22H2,1-7H3,(H2,44,49)(H,45,48)(H,46,50). The topological polar surface area (TPSA) is 149 Å². The van der Waals surface area contributed by atoms with Gasteiger partial charge in [-0.05, 0) is 103 Å². The number of amides is 4. The lowest BCUT2D eigenvalue weighted by Gasteiger charge is -2.39. The van der Waals surface area contributed by atoms with Crippen molar-refractivity contribution in [3.63, 3.8) is 0 Å². The molecule has 0 spiro atoms. The normalized spacial score (nSPS) is 16.5. The largest absolute Gasteiger partial charge is 0.481 e. The summed E-state index contributed by atoms with van der Waals surface area (Å²) >= 11 is 6.51. The second-order valence-corrected chi connectivity index (χ2v) is 15.6. The van der Waals surface area contributed by atoms with Crippen molar-refractivity contribution in [3.8, 4) is 16.9 Å². The zero-order valence-electron chi connectivity index (χ0n) is 31.7. The summed E-state index contributed by atoms with van der Waals surface area (Å²) in [6.45, 7) is 10.1. The van der Waals surface area contributed by atoms with E-state index in [9.17, 15) is 19.2 Å². The SMILES string of the molecule is CNC(=O)COc1ccc(C(N)=O)c(-c2cc(C(CN(C(=O)OC(C)(C)C)C3CCC(NC(=O)OC(C)(C)C)CC3)c3ccccc3)cc(F)c2Cl)c1F. The molecule has 4 rings (SSSR count). The van der Waals surface area contributed by atoms with E-state index in [1.54, 1.807) is 58.6 Å². The van der Waals surface area contributed by atoms with Crippen molar-refractivity contribution in [2.75, 3.05) is 20.2 Å². The van der Waals surface area contributed by atoms with Crippen LogP contribution < -0.4 is 21.1 Å². The maximum Gasteiger partial charge on any atom is 0.410 e. The summed E-state index contributed by atoms with van der Waals surface area (Å²) in [6.07, 6.45) is 1.08. The zero-order chi connectivity index (χ0) is 40.0. The van der Waals surface area contributed by atoms with Crippen LogP contribution in [0.5, 0.6) is 5.75 Å². The number of hydrogen-bond donors (Lipinski definition) is 3. The van der Waals surface area contributed by atoms with Gasteiger partial charge in [-0.15, -0.1) is 0 Å². The average molecular weight is 771 g/mol. The molecule has 1 aliphatic rings. The van der Waals surface area contributed by atoms with Crippen molar-refractivity contribution >= 4 is 35.6 Å². The van der Waals surface area contributed by atoms with E-state index < -0.39 is 69.9 Å². The fourth-order valence-corrected chi connectivity index (χ4v) is 6.53. The molecule has 0 bridgehead atoms. The molecule has 1 unspecified atom stereocenters. The van der Waals surface area contributed by atoms with Gasteiger partial charge in [-0.1, -0.05) is 41.9 Å².